The maximum absolute atomic E-state index is 11.0. The molecular formula is C13H26N2O2. The number of hydrogen-bond acceptors (Lipinski definition) is 3. The Bertz CT molecular complexity index is 254. The van der Waals surface area contributed by atoms with E-state index in [9.17, 15) is 4.79 Å². The summed E-state index contributed by atoms with van der Waals surface area (Å²) in [7, 11) is 0. The van der Waals surface area contributed by atoms with Gasteiger partial charge in [0.25, 0.3) is 0 Å². The van der Waals surface area contributed by atoms with Gasteiger partial charge in [0.2, 0.25) is 0 Å². The third-order valence-electron chi connectivity index (χ3n) is 3.88. The van der Waals surface area contributed by atoms with Gasteiger partial charge in [0.15, 0.2) is 0 Å². The minimum atomic E-state index is -1.09. The van der Waals surface area contributed by atoms with Crippen LogP contribution in [0.5, 0.6) is 0 Å². The van der Waals surface area contributed by atoms with Gasteiger partial charge in [-0.15, -0.1) is 0 Å². The minimum Gasteiger partial charge on any atom is -0.480 e. The Labute approximate surface area is 104 Å². The summed E-state index contributed by atoms with van der Waals surface area (Å²) in [6.45, 7) is 5.71. The van der Waals surface area contributed by atoms with Crippen LogP contribution in [0.3, 0.4) is 0 Å². The van der Waals surface area contributed by atoms with Crippen molar-refractivity contribution in [2.24, 2.45) is 5.73 Å². The first-order chi connectivity index (χ1) is 7.97. The molecule has 0 spiro atoms. The van der Waals surface area contributed by atoms with Gasteiger partial charge >= 0.3 is 5.97 Å². The monoisotopic (exact) mass is 242 g/mol. The second-order valence-corrected chi connectivity index (χ2v) is 5.42. The van der Waals surface area contributed by atoms with E-state index in [4.69, 9.17) is 10.8 Å². The predicted molar refractivity (Wildman–Crippen MR) is 69.0 cm³/mol. The topological polar surface area (TPSA) is 66.6 Å². The van der Waals surface area contributed by atoms with Crippen molar-refractivity contribution in [1.82, 2.24) is 4.90 Å². The lowest BCUT2D eigenvalue weighted by Crippen LogP contribution is -2.48. The molecule has 3 N–H and O–H groups in total. The Kier molecular flexibility index (Phi) is 5.40. The molecule has 1 rings (SSSR count). The van der Waals surface area contributed by atoms with Gasteiger partial charge in [-0.25, -0.2) is 0 Å². The third kappa shape index (κ3) is 4.28. The van der Waals surface area contributed by atoms with E-state index in [1.54, 1.807) is 6.92 Å². The minimum absolute atomic E-state index is 0.527. The standard InChI is InChI=1S/C13H26N2O2/c1-3-11-7-5-4-6-9-15(11)10-8-13(2,14)12(16)17/h11H,3-10,14H2,1-2H3,(H,16,17). The molecule has 0 aromatic carbocycles. The first-order valence-corrected chi connectivity index (χ1v) is 6.73. The lowest BCUT2D eigenvalue weighted by atomic mass is 9.98. The maximum atomic E-state index is 11.0. The molecule has 1 aliphatic rings. The van der Waals surface area contributed by atoms with Crippen LogP contribution in [0.4, 0.5) is 0 Å². The van der Waals surface area contributed by atoms with Gasteiger partial charge in [-0.3, -0.25) is 4.79 Å². The van der Waals surface area contributed by atoms with Crippen molar-refractivity contribution in [1.29, 1.82) is 0 Å². The highest BCUT2D eigenvalue weighted by atomic mass is 16.4. The molecule has 0 saturated carbocycles. The molecule has 0 amide bonds. The van der Waals surface area contributed by atoms with E-state index in [1.807, 2.05) is 0 Å². The van der Waals surface area contributed by atoms with Crippen LogP contribution in [0.15, 0.2) is 0 Å². The SMILES string of the molecule is CCC1CCCCCN1CCC(C)(N)C(=O)O. The Morgan fingerprint density at radius 2 is 2.18 bits per heavy atom. The van der Waals surface area contributed by atoms with E-state index in [-0.39, 0.29) is 0 Å². The van der Waals surface area contributed by atoms with Gasteiger partial charge in [0.05, 0.1) is 0 Å². The summed E-state index contributed by atoms with van der Waals surface area (Å²) < 4.78 is 0. The molecule has 0 aromatic rings. The van der Waals surface area contributed by atoms with E-state index in [0.29, 0.717) is 12.5 Å². The van der Waals surface area contributed by atoms with Crippen molar-refractivity contribution in [3.63, 3.8) is 0 Å². The first kappa shape index (κ1) is 14.5. The van der Waals surface area contributed by atoms with Crippen LogP contribution in [-0.4, -0.2) is 40.6 Å². The van der Waals surface area contributed by atoms with Crippen molar-refractivity contribution in [2.75, 3.05) is 13.1 Å². The number of hydrogen-bond donors (Lipinski definition) is 2. The smallest absolute Gasteiger partial charge is 0.323 e. The number of carboxylic acid groups (broad SMARTS) is 1. The van der Waals surface area contributed by atoms with Gasteiger partial charge in [0.1, 0.15) is 5.54 Å². The van der Waals surface area contributed by atoms with Crippen molar-refractivity contribution < 1.29 is 9.90 Å². The number of carbonyl (C=O) groups is 1. The number of carboxylic acids is 1. The van der Waals surface area contributed by atoms with E-state index in [1.165, 1.54) is 25.7 Å². The molecule has 1 saturated heterocycles. The third-order valence-corrected chi connectivity index (χ3v) is 3.88. The highest BCUT2D eigenvalue weighted by molar-refractivity contribution is 5.77. The zero-order chi connectivity index (χ0) is 12.9. The van der Waals surface area contributed by atoms with Crippen molar-refractivity contribution in [2.45, 2.75) is 64.0 Å². The van der Waals surface area contributed by atoms with Crippen LogP contribution in [-0.2, 0) is 4.79 Å². The van der Waals surface area contributed by atoms with E-state index >= 15 is 0 Å². The molecule has 0 aliphatic carbocycles. The van der Waals surface area contributed by atoms with Gasteiger partial charge < -0.3 is 15.7 Å². The lowest BCUT2D eigenvalue weighted by molar-refractivity contribution is -0.143. The van der Waals surface area contributed by atoms with E-state index < -0.39 is 11.5 Å². The Balaban J connectivity index is 2.50. The lowest BCUT2D eigenvalue weighted by Gasteiger charge is -2.31. The second kappa shape index (κ2) is 6.36. The molecule has 4 heteroatoms. The second-order valence-electron chi connectivity index (χ2n) is 5.42. The fourth-order valence-corrected chi connectivity index (χ4v) is 2.48. The zero-order valence-electron chi connectivity index (χ0n) is 11.1. The Morgan fingerprint density at radius 3 is 2.76 bits per heavy atom. The number of likely N-dealkylation sites (tertiary alicyclic amines) is 1. The van der Waals surface area contributed by atoms with Crippen molar-refractivity contribution in [3.05, 3.63) is 0 Å². The largest absolute Gasteiger partial charge is 0.480 e. The first-order valence-electron chi connectivity index (χ1n) is 6.73. The van der Waals surface area contributed by atoms with Gasteiger partial charge in [-0.2, -0.15) is 0 Å². The summed E-state index contributed by atoms with van der Waals surface area (Å²) in [5.74, 6) is -0.902. The fourth-order valence-electron chi connectivity index (χ4n) is 2.48. The zero-order valence-corrected chi connectivity index (χ0v) is 11.1. The summed E-state index contributed by atoms with van der Waals surface area (Å²) in [5, 5.41) is 9.01. The quantitative estimate of drug-likeness (QED) is 0.772. The van der Waals surface area contributed by atoms with Crippen molar-refractivity contribution in [3.8, 4) is 0 Å². The summed E-state index contributed by atoms with van der Waals surface area (Å²) in [6, 6.07) is 0.613. The molecule has 0 aromatic heterocycles. The number of nitrogens with zero attached hydrogens (tertiary/aromatic N) is 1. The molecule has 1 aliphatic heterocycles. The summed E-state index contributed by atoms with van der Waals surface area (Å²) in [5.41, 5.74) is 4.68. The van der Waals surface area contributed by atoms with Crippen LogP contribution in [0.25, 0.3) is 0 Å². The van der Waals surface area contributed by atoms with Crippen molar-refractivity contribution >= 4 is 5.97 Å². The molecule has 17 heavy (non-hydrogen) atoms. The van der Waals surface area contributed by atoms with E-state index in [2.05, 4.69) is 11.8 Å². The van der Waals surface area contributed by atoms with E-state index in [0.717, 1.165) is 19.5 Å². The normalized spacial score (nSPS) is 26.2. The summed E-state index contributed by atoms with van der Waals surface area (Å²) in [4.78, 5) is 13.4. The molecule has 1 heterocycles. The Hall–Kier alpha value is -0.610. The summed E-state index contributed by atoms with van der Waals surface area (Å²) >= 11 is 0. The summed E-state index contributed by atoms with van der Waals surface area (Å²) in [6.07, 6.45) is 6.74. The predicted octanol–water partition coefficient (Wildman–Crippen LogP) is 1.83. The van der Waals surface area contributed by atoms with Crippen LogP contribution in [0.1, 0.15) is 52.4 Å². The molecule has 2 atom stereocenters. The molecule has 2 unspecified atom stereocenters. The van der Waals surface area contributed by atoms with Crippen LogP contribution >= 0.6 is 0 Å². The molecule has 0 radical (unpaired) electrons. The average molecular weight is 242 g/mol. The number of rotatable bonds is 5. The number of nitrogens with two attached hydrogens (primary N) is 1. The van der Waals surface area contributed by atoms with Crippen LogP contribution in [0, 0.1) is 0 Å². The highest BCUT2D eigenvalue weighted by Gasteiger charge is 2.29. The molecule has 0 bridgehead atoms. The van der Waals surface area contributed by atoms with Gasteiger partial charge in [0, 0.05) is 12.6 Å². The molecule has 4 nitrogen and oxygen atoms in total. The molecule has 1 fully saturated rings. The molecule has 100 valence electrons. The Morgan fingerprint density at radius 1 is 1.47 bits per heavy atom. The van der Waals surface area contributed by atoms with Gasteiger partial charge in [-0.1, -0.05) is 19.8 Å². The fraction of sp³-hybridized carbons (Fsp3) is 0.923. The van der Waals surface area contributed by atoms with Crippen LogP contribution in [0.2, 0.25) is 0 Å². The average Bonchev–Trinajstić information content (AvgIpc) is 2.50. The maximum Gasteiger partial charge on any atom is 0.323 e. The van der Waals surface area contributed by atoms with Crippen LogP contribution < -0.4 is 5.73 Å². The molecular weight excluding hydrogens is 216 g/mol. The van der Waals surface area contributed by atoms with Gasteiger partial charge in [-0.05, 0) is 39.2 Å². The highest BCUT2D eigenvalue weighted by Crippen LogP contribution is 2.20. The number of aliphatic carboxylic acids is 1.